The Hall–Kier alpha value is -12.0. The summed E-state index contributed by atoms with van der Waals surface area (Å²) >= 11 is 0. The standard InChI is InChI=1S/C86H60N6/c1-54-15-11-23-62(43-54)67-32-38-79-75(48-67)76-49-68(63-24-12-16-55(2)44-63)33-39-80(76)91(79)71-36-37-72(86-89-84(60-19-7-5-8-20-60)88-85(90-86)61-21-9-6-10-22-61)73(52-71)74-47-66(59-29-27-58(53-87)28-30-59)31-40-81(74)92-82-41-34-69(64-25-13-17-56(3)45-64)50-77(82)78-51-70(35-42-83(78)92)65-26-14-18-57(4)46-65/h5-52H,1-4H3. The third kappa shape index (κ3) is 10.1. The van der Waals surface area contributed by atoms with Crippen LogP contribution in [0.5, 0.6) is 0 Å². The number of aromatic nitrogens is 5. The van der Waals surface area contributed by atoms with Gasteiger partial charge in [-0.3, -0.25) is 0 Å². The second-order valence-corrected chi connectivity index (χ2v) is 24.3. The number of fused-ring (bicyclic) bond motifs is 6. The van der Waals surface area contributed by atoms with Gasteiger partial charge >= 0.3 is 0 Å². The van der Waals surface area contributed by atoms with E-state index in [1.165, 1.54) is 44.5 Å². The predicted octanol–water partition coefficient (Wildman–Crippen LogP) is 22.2. The summed E-state index contributed by atoms with van der Waals surface area (Å²) in [6.07, 6.45) is 0. The number of aryl methyl sites for hydroxylation is 4. The topological polar surface area (TPSA) is 72.3 Å². The van der Waals surface area contributed by atoms with Gasteiger partial charge in [0, 0.05) is 49.5 Å². The Labute approximate surface area is 535 Å². The largest absolute Gasteiger partial charge is 0.309 e. The molecule has 0 N–H and O–H groups in total. The molecule has 16 rings (SSSR count). The molecule has 92 heavy (non-hydrogen) atoms. The van der Waals surface area contributed by atoms with E-state index < -0.39 is 0 Å². The second kappa shape index (κ2) is 22.8. The van der Waals surface area contributed by atoms with Crippen LogP contribution >= 0.6 is 0 Å². The molecule has 0 fully saturated rings. The summed E-state index contributed by atoms with van der Waals surface area (Å²) in [5, 5.41) is 14.6. The van der Waals surface area contributed by atoms with E-state index >= 15 is 0 Å². The van der Waals surface area contributed by atoms with Gasteiger partial charge in [0.1, 0.15) is 0 Å². The summed E-state index contributed by atoms with van der Waals surface area (Å²) in [6.45, 7) is 8.62. The number of nitriles is 1. The molecular formula is C86H60N6. The second-order valence-electron chi connectivity index (χ2n) is 24.3. The first-order valence-corrected chi connectivity index (χ1v) is 31.3. The molecule has 0 amide bonds. The highest BCUT2D eigenvalue weighted by Crippen LogP contribution is 2.46. The molecule has 3 aromatic heterocycles. The first kappa shape index (κ1) is 55.3. The summed E-state index contributed by atoms with van der Waals surface area (Å²) in [4.78, 5) is 16.2. The fourth-order valence-electron chi connectivity index (χ4n) is 13.5. The lowest BCUT2D eigenvalue weighted by Gasteiger charge is -2.20. The van der Waals surface area contributed by atoms with E-state index in [2.05, 4.69) is 273 Å². The fourth-order valence-corrected chi connectivity index (χ4v) is 13.5. The van der Waals surface area contributed by atoms with Crippen molar-refractivity contribution in [2.75, 3.05) is 0 Å². The Morgan fingerprint density at radius 3 is 1.03 bits per heavy atom. The highest BCUT2D eigenvalue weighted by molar-refractivity contribution is 6.14. The van der Waals surface area contributed by atoms with Crippen LogP contribution in [0, 0.1) is 39.0 Å². The third-order valence-corrected chi connectivity index (χ3v) is 18.0. The number of hydrogen-bond acceptors (Lipinski definition) is 4. The molecule has 0 aliphatic heterocycles. The molecule has 0 bridgehead atoms. The molecule has 6 heteroatoms. The molecule has 434 valence electrons. The Bertz CT molecular complexity index is 5370. The maximum absolute atomic E-state index is 10.0. The lowest BCUT2D eigenvalue weighted by Crippen LogP contribution is -2.04. The van der Waals surface area contributed by atoms with E-state index in [4.69, 9.17) is 15.0 Å². The molecule has 0 aliphatic rings. The van der Waals surface area contributed by atoms with E-state index in [0.29, 0.717) is 23.0 Å². The zero-order valence-corrected chi connectivity index (χ0v) is 51.4. The average molecular weight is 1180 g/mol. The lowest BCUT2D eigenvalue weighted by molar-refractivity contribution is 1.07. The molecule has 13 aromatic carbocycles. The van der Waals surface area contributed by atoms with Gasteiger partial charge in [0.25, 0.3) is 0 Å². The van der Waals surface area contributed by atoms with Crippen LogP contribution in [0.3, 0.4) is 0 Å². The molecule has 0 spiro atoms. The van der Waals surface area contributed by atoms with Gasteiger partial charge in [-0.25, -0.2) is 15.0 Å². The predicted molar refractivity (Wildman–Crippen MR) is 381 cm³/mol. The monoisotopic (exact) mass is 1180 g/mol. The number of nitrogens with zero attached hydrogens (tertiary/aromatic N) is 6. The van der Waals surface area contributed by atoms with E-state index in [1.807, 2.05) is 60.7 Å². The van der Waals surface area contributed by atoms with Crippen molar-refractivity contribution in [2.24, 2.45) is 0 Å². The van der Waals surface area contributed by atoms with Gasteiger partial charge in [0.15, 0.2) is 17.5 Å². The van der Waals surface area contributed by atoms with Gasteiger partial charge in [0.05, 0.1) is 39.4 Å². The molecule has 0 unspecified atom stereocenters. The fraction of sp³-hybridized carbons (Fsp3) is 0.0465. The highest BCUT2D eigenvalue weighted by Gasteiger charge is 2.25. The maximum Gasteiger partial charge on any atom is 0.164 e. The molecule has 0 radical (unpaired) electrons. The number of hydrogen-bond donors (Lipinski definition) is 0. The third-order valence-electron chi connectivity index (χ3n) is 18.0. The van der Waals surface area contributed by atoms with Crippen molar-refractivity contribution in [3.63, 3.8) is 0 Å². The molecule has 0 aliphatic carbocycles. The van der Waals surface area contributed by atoms with Crippen LogP contribution in [0.4, 0.5) is 0 Å². The smallest absolute Gasteiger partial charge is 0.164 e. The van der Waals surface area contributed by atoms with E-state index in [9.17, 15) is 5.26 Å². The maximum atomic E-state index is 10.0. The van der Waals surface area contributed by atoms with Gasteiger partial charge < -0.3 is 9.13 Å². The highest BCUT2D eigenvalue weighted by atomic mass is 15.0. The summed E-state index contributed by atoms with van der Waals surface area (Å²) < 4.78 is 4.89. The summed E-state index contributed by atoms with van der Waals surface area (Å²) in [5.41, 5.74) is 27.4. The lowest BCUT2D eigenvalue weighted by atomic mass is 9.92. The Morgan fingerprint density at radius 2 is 0.620 bits per heavy atom. The minimum absolute atomic E-state index is 0.537. The van der Waals surface area contributed by atoms with Crippen molar-refractivity contribution in [1.82, 2.24) is 24.1 Å². The molecule has 3 heterocycles. The Balaban J connectivity index is 1.02. The Kier molecular flexibility index (Phi) is 13.7. The van der Waals surface area contributed by atoms with Gasteiger partial charge in [-0.1, -0.05) is 222 Å². The van der Waals surface area contributed by atoms with Gasteiger partial charge in [-0.15, -0.1) is 0 Å². The van der Waals surface area contributed by atoms with Crippen LogP contribution in [0.25, 0.3) is 156 Å². The summed E-state index contributed by atoms with van der Waals surface area (Å²) in [5.74, 6) is 1.68. The van der Waals surface area contributed by atoms with Crippen LogP contribution in [0.1, 0.15) is 27.8 Å². The van der Waals surface area contributed by atoms with Crippen LogP contribution in [0.2, 0.25) is 0 Å². The van der Waals surface area contributed by atoms with Crippen LogP contribution in [0.15, 0.2) is 291 Å². The van der Waals surface area contributed by atoms with E-state index in [0.717, 1.165) is 116 Å². The summed E-state index contributed by atoms with van der Waals surface area (Å²) in [6, 6.07) is 107. The minimum Gasteiger partial charge on any atom is -0.309 e. The molecule has 16 aromatic rings. The average Bonchev–Trinajstić information content (AvgIpc) is 1.54. The molecule has 0 atom stereocenters. The zero-order chi connectivity index (χ0) is 62.0. The summed E-state index contributed by atoms with van der Waals surface area (Å²) in [7, 11) is 0. The van der Waals surface area contributed by atoms with Crippen LogP contribution < -0.4 is 0 Å². The SMILES string of the molecule is Cc1cccc(-c2ccc3c(c2)c2cc(-c4cccc(C)c4)ccc2n3-c2ccc(-c3nc(-c4ccccc4)nc(-c4ccccc4)n3)c(-c3cc(-c4ccc(C#N)cc4)ccc3-n3c4ccc(-c5cccc(C)c5)cc4c4cc(-c5cccc(C)c5)ccc43)c2)c1. The zero-order valence-electron chi connectivity index (χ0n) is 51.4. The number of rotatable bonds is 11. The first-order chi connectivity index (χ1) is 45.1. The van der Waals surface area contributed by atoms with Crippen molar-refractivity contribution in [3.05, 3.63) is 319 Å². The van der Waals surface area contributed by atoms with Gasteiger partial charge in [-0.05, 0) is 180 Å². The minimum atomic E-state index is 0.537. The molecule has 0 saturated heterocycles. The van der Waals surface area contributed by atoms with E-state index in [1.54, 1.807) is 0 Å². The van der Waals surface area contributed by atoms with Crippen molar-refractivity contribution >= 4 is 43.6 Å². The van der Waals surface area contributed by atoms with Gasteiger partial charge in [-0.2, -0.15) is 5.26 Å². The quantitative estimate of drug-likeness (QED) is 0.129. The van der Waals surface area contributed by atoms with E-state index in [-0.39, 0.29) is 0 Å². The molecule has 6 nitrogen and oxygen atoms in total. The van der Waals surface area contributed by atoms with Crippen molar-refractivity contribution in [3.8, 4) is 118 Å². The van der Waals surface area contributed by atoms with Crippen LogP contribution in [-0.2, 0) is 0 Å². The van der Waals surface area contributed by atoms with Crippen molar-refractivity contribution in [2.45, 2.75) is 27.7 Å². The molecular weight excluding hydrogens is 1120 g/mol. The van der Waals surface area contributed by atoms with Crippen LogP contribution in [-0.4, -0.2) is 24.1 Å². The van der Waals surface area contributed by atoms with Crippen molar-refractivity contribution < 1.29 is 0 Å². The molecule has 0 saturated carbocycles. The normalized spacial score (nSPS) is 11.5. The number of benzene rings is 13. The van der Waals surface area contributed by atoms with Crippen molar-refractivity contribution in [1.29, 1.82) is 5.26 Å². The first-order valence-electron chi connectivity index (χ1n) is 31.3. The van der Waals surface area contributed by atoms with Gasteiger partial charge in [0.2, 0.25) is 0 Å². The Morgan fingerprint density at radius 1 is 0.261 bits per heavy atom.